The smallest absolute Gasteiger partial charge is 0.278 e. The second-order valence-electron chi connectivity index (χ2n) is 3.63. The summed E-state index contributed by atoms with van der Waals surface area (Å²) in [7, 11) is 0. The summed E-state index contributed by atoms with van der Waals surface area (Å²) in [5.41, 5.74) is 5.07. The monoisotopic (exact) mass is 213 g/mol. The van der Waals surface area contributed by atoms with E-state index in [-0.39, 0.29) is 23.5 Å². The van der Waals surface area contributed by atoms with Gasteiger partial charge in [-0.05, 0) is 13.8 Å². The molecule has 2 heterocycles. The number of fused-ring (bicyclic) bond motifs is 1. The fourth-order valence-electron chi connectivity index (χ4n) is 1.60. The number of hydrogen-bond acceptors (Lipinski definition) is 5. The van der Waals surface area contributed by atoms with Crippen molar-refractivity contribution < 1.29 is 4.39 Å². The Morgan fingerprint density at radius 3 is 2.87 bits per heavy atom. The highest BCUT2D eigenvalue weighted by atomic mass is 19.1. The zero-order chi connectivity index (χ0) is 11.2. The lowest BCUT2D eigenvalue weighted by Gasteiger charge is -2.23. The maximum Gasteiger partial charge on any atom is 0.278 e. The summed E-state index contributed by atoms with van der Waals surface area (Å²) in [5.74, 6) is 0.249. The van der Waals surface area contributed by atoms with Crippen LogP contribution in [0.2, 0.25) is 0 Å². The van der Waals surface area contributed by atoms with Crippen molar-refractivity contribution in [2.75, 3.05) is 16.0 Å². The molecule has 0 radical (unpaired) electrons. The molecule has 15 heavy (non-hydrogen) atoms. The number of nitrogens with zero attached hydrogens (tertiary/aromatic N) is 2. The van der Waals surface area contributed by atoms with Crippen LogP contribution in [-0.2, 0) is 0 Å². The Morgan fingerprint density at radius 1 is 1.60 bits per heavy atom. The fourth-order valence-corrected chi connectivity index (χ4v) is 1.60. The molecule has 0 saturated carbocycles. The number of aromatic nitrogens is 2. The maximum absolute atomic E-state index is 13.5. The minimum Gasteiger partial charge on any atom is -0.369 e. The van der Waals surface area contributed by atoms with Crippen LogP contribution in [0.3, 0.4) is 0 Å². The topological polar surface area (TPSA) is 87.0 Å². The van der Waals surface area contributed by atoms with Crippen LogP contribution in [0, 0.1) is 0 Å². The number of aromatic amines is 1. The molecule has 0 amide bonds. The lowest BCUT2D eigenvalue weighted by Crippen LogP contribution is -2.37. The fraction of sp³-hybridized carbons (Fsp3) is 0.500. The van der Waals surface area contributed by atoms with Gasteiger partial charge in [-0.25, -0.2) is 0 Å². The molecule has 1 aliphatic heterocycles. The van der Waals surface area contributed by atoms with Crippen molar-refractivity contribution in [1.82, 2.24) is 9.97 Å². The van der Waals surface area contributed by atoms with E-state index in [1.54, 1.807) is 0 Å². The SMILES string of the molecule is CC(C)N1c2nc(N)[nH]c(=O)c2NC1F. The van der Waals surface area contributed by atoms with Crippen LogP contribution in [0.4, 0.5) is 21.8 Å². The molecule has 1 aromatic rings. The minimum atomic E-state index is -1.43. The Bertz CT molecular complexity index is 443. The molecule has 4 N–H and O–H groups in total. The summed E-state index contributed by atoms with van der Waals surface area (Å²) in [5, 5.41) is 2.42. The van der Waals surface area contributed by atoms with Crippen LogP contribution in [-0.4, -0.2) is 22.4 Å². The van der Waals surface area contributed by atoms with Gasteiger partial charge < -0.3 is 16.0 Å². The van der Waals surface area contributed by atoms with Crippen molar-refractivity contribution in [3.63, 3.8) is 0 Å². The first-order valence-corrected chi connectivity index (χ1v) is 4.59. The third kappa shape index (κ3) is 1.39. The first-order chi connectivity index (χ1) is 7.00. The van der Waals surface area contributed by atoms with Gasteiger partial charge in [-0.1, -0.05) is 0 Å². The van der Waals surface area contributed by atoms with Crippen LogP contribution in [0.25, 0.3) is 0 Å². The molecule has 0 saturated heterocycles. The molecule has 0 aromatic carbocycles. The lowest BCUT2D eigenvalue weighted by atomic mass is 10.3. The Labute approximate surface area is 85.3 Å². The van der Waals surface area contributed by atoms with Gasteiger partial charge in [0.1, 0.15) is 5.69 Å². The average Bonchev–Trinajstić information content (AvgIpc) is 2.41. The number of nitrogen functional groups attached to an aromatic ring is 1. The predicted octanol–water partition coefficient (Wildman–Crippen LogP) is 0.245. The molecule has 0 fully saturated rings. The van der Waals surface area contributed by atoms with Gasteiger partial charge in [-0.2, -0.15) is 9.37 Å². The van der Waals surface area contributed by atoms with Gasteiger partial charge in [0.15, 0.2) is 5.82 Å². The van der Waals surface area contributed by atoms with Crippen LogP contribution in [0.15, 0.2) is 4.79 Å². The minimum absolute atomic E-state index is 0.0136. The van der Waals surface area contributed by atoms with E-state index in [2.05, 4.69) is 15.3 Å². The van der Waals surface area contributed by atoms with E-state index >= 15 is 0 Å². The number of nitrogens with one attached hydrogen (secondary N) is 2. The van der Waals surface area contributed by atoms with Crippen LogP contribution >= 0.6 is 0 Å². The molecule has 1 aliphatic rings. The standard InChI is InChI=1S/C8H12FN5O/c1-3(2)14-5-4(11-7(14)9)6(15)13-8(10)12-5/h3,7,11H,1-2H3,(H3,10,12,13,15). The van der Waals surface area contributed by atoms with Crippen LogP contribution in [0.1, 0.15) is 13.8 Å². The van der Waals surface area contributed by atoms with E-state index in [1.165, 1.54) is 4.90 Å². The summed E-state index contributed by atoms with van der Waals surface area (Å²) in [6.07, 6.45) is -1.43. The number of H-pyrrole nitrogens is 1. The third-order valence-corrected chi connectivity index (χ3v) is 2.23. The van der Waals surface area contributed by atoms with E-state index in [9.17, 15) is 9.18 Å². The van der Waals surface area contributed by atoms with E-state index < -0.39 is 12.0 Å². The molecule has 0 spiro atoms. The average molecular weight is 213 g/mol. The first-order valence-electron chi connectivity index (χ1n) is 4.59. The van der Waals surface area contributed by atoms with E-state index in [0.717, 1.165) is 0 Å². The van der Waals surface area contributed by atoms with E-state index in [1.807, 2.05) is 13.8 Å². The number of anilines is 3. The van der Waals surface area contributed by atoms with Gasteiger partial charge >= 0.3 is 0 Å². The summed E-state index contributed by atoms with van der Waals surface area (Å²) < 4.78 is 13.5. The van der Waals surface area contributed by atoms with Gasteiger partial charge in [0.2, 0.25) is 12.4 Å². The van der Waals surface area contributed by atoms with Crippen molar-refractivity contribution in [2.24, 2.45) is 0 Å². The molecule has 82 valence electrons. The number of rotatable bonds is 1. The summed E-state index contributed by atoms with van der Waals surface area (Å²) >= 11 is 0. The Hall–Kier alpha value is -1.79. The van der Waals surface area contributed by atoms with E-state index in [4.69, 9.17) is 5.73 Å². The van der Waals surface area contributed by atoms with Gasteiger partial charge in [-0.3, -0.25) is 9.78 Å². The second-order valence-corrected chi connectivity index (χ2v) is 3.63. The van der Waals surface area contributed by atoms with Crippen molar-refractivity contribution in [3.8, 4) is 0 Å². The summed E-state index contributed by atoms with van der Waals surface area (Å²) in [6.45, 7) is 3.62. The molecule has 1 atom stereocenters. The highest BCUT2D eigenvalue weighted by molar-refractivity contribution is 5.71. The number of nitrogens with two attached hydrogens (primary N) is 1. The lowest BCUT2D eigenvalue weighted by molar-refractivity contribution is 0.349. The number of hydrogen-bond donors (Lipinski definition) is 3. The van der Waals surface area contributed by atoms with Gasteiger partial charge in [0.05, 0.1) is 0 Å². The molecule has 6 nitrogen and oxygen atoms in total. The highest BCUT2D eigenvalue weighted by Crippen LogP contribution is 2.31. The molecular weight excluding hydrogens is 201 g/mol. The molecule has 1 aromatic heterocycles. The predicted molar refractivity (Wildman–Crippen MR) is 55.4 cm³/mol. The first kappa shape index (κ1) is 9.75. The van der Waals surface area contributed by atoms with Crippen molar-refractivity contribution >= 4 is 17.5 Å². The largest absolute Gasteiger partial charge is 0.369 e. The zero-order valence-electron chi connectivity index (χ0n) is 8.41. The molecule has 7 heteroatoms. The Balaban J connectivity index is 2.58. The van der Waals surface area contributed by atoms with Gasteiger partial charge in [0, 0.05) is 6.04 Å². The van der Waals surface area contributed by atoms with Crippen LogP contribution < -0.4 is 21.5 Å². The van der Waals surface area contributed by atoms with E-state index in [0.29, 0.717) is 0 Å². The Morgan fingerprint density at radius 2 is 2.27 bits per heavy atom. The van der Waals surface area contributed by atoms with Crippen molar-refractivity contribution in [1.29, 1.82) is 0 Å². The van der Waals surface area contributed by atoms with Crippen LogP contribution in [0.5, 0.6) is 0 Å². The number of halogens is 1. The molecule has 2 rings (SSSR count). The summed E-state index contributed by atoms with van der Waals surface area (Å²) in [6, 6.07) is -0.109. The third-order valence-electron chi connectivity index (χ3n) is 2.23. The van der Waals surface area contributed by atoms with Gasteiger partial charge in [0.25, 0.3) is 5.56 Å². The van der Waals surface area contributed by atoms with Crippen molar-refractivity contribution in [2.45, 2.75) is 26.3 Å². The number of alkyl halides is 1. The quantitative estimate of drug-likeness (QED) is 0.582. The molecule has 0 bridgehead atoms. The molecule has 0 aliphatic carbocycles. The highest BCUT2D eigenvalue weighted by Gasteiger charge is 2.34. The van der Waals surface area contributed by atoms with Crippen molar-refractivity contribution in [3.05, 3.63) is 10.4 Å². The maximum atomic E-state index is 13.5. The second kappa shape index (κ2) is 3.11. The normalized spacial score (nSPS) is 19.2. The Kier molecular flexibility index (Phi) is 2.02. The molecular formula is C8H12FN5O. The summed E-state index contributed by atoms with van der Waals surface area (Å²) in [4.78, 5) is 19.0. The molecule has 1 unspecified atom stereocenters. The van der Waals surface area contributed by atoms with Gasteiger partial charge in [-0.15, -0.1) is 0 Å². The zero-order valence-corrected chi connectivity index (χ0v) is 8.41.